The van der Waals surface area contributed by atoms with E-state index in [1.54, 1.807) is 17.2 Å². The van der Waals surface area contributed by atoms with E-state index in [1.165, 1.54) is 18.2 Å². The number of nitro benzene ring substituents is 1. The third-order valence-electron chi connectivity index (χ3n) is 7.94. The number of nitrogens with one attached hydrogen (secondary N) is 1. The summed E-state index contributed by atoms with van der Waals surface area (Å²) >= 11 is 0. The third-order valence-corrected chi connectivity index (χ3v) is 7.94. The van der Waals surface area contributed by atoms with Crippen molar-refractivity contribution in [2.75, 3.05) is 36.4 Å². The average molecular weight is 635 g/mol. The van der Waals surface area contributed by atoms with Crippen molar-refractivity contribution in [3.8, 4) is 5.75 Å². The number of halogens is 5. The molecule has 1 aliphatic carbocycles. The Morgan fingerprint density at radius 3 is 2.29 bits per heavy atom. The molecule has 0 radical (unpaired) electrons. The lowest BCUT2D eigenvalue weighted by molar-refractivity contribution is -0.388. The molecule has 2 fully saturated rings. The monoisotopic (exact) mass is 634 g/mol. The number of carbonyl (C=O) groups is 1. The standard InChI is InChI=1S/C30H31F5N6O4/c1-29(31,32)19-2-8-25(37-18-19)28(42)40-14-12-39(13-15-40)27-17-23(10-11-36-27)45-22-6-3-20(4-7-22)38-21-5-9-26(41(43)44)24(16-21)30(33,34)35/h2,5,8-11,16-18,20,22,38H,3-4,6-7,12-15H2,1H3/t20-,22-. The van der Waals surface area contributed by atoms with E-state index in [2.05, 4.69) is 15.3 Å². The maximum absolute atomic E-state index is 13.5. The van der Waals surface area contributed by atoms with Gasteiger partial charge < -0.3 is 19.9 Å². The summed E-state index contributed by atoms with van der Waals surface area (Å²) in [5.74, 6) is -2.06. The van der Waals surface area contributed by atoms with Crippen LogP contribution in [0.5, 0.6) is 5.75 Å². The number of carbonyl (C=O) groups excluding carboxylic acids is 1. The van der Waals surface area contributed by atoms with Crippen LogP contribution in [0.2, 0.25) is 0 Å². The minimum Gasteiger partial charge on any atom is -0.490 e. The van der Waals surface area contributed by atoms with E-state index < -0.39 is 28.3 Å². The summed E-state index contributed by atoms with van der Waals surface area (Å²) in [7, 11) is 0. The number of hydrogen-bond acceptors (Lipinski definition) is 8. The van der Waals surface area contributed by atoms with E-state index in [0.29, 0.717) is 63.4 Å². The molecule has 1 amide bonds. The summed E-state index contributed by atoms with van der Waals surface area (Å²) in [6.07, 6.45) is 0.279. The van der Waals surface area contributed by atoms with Crippen LogP contribution in [-0.4, -0.2) is 64.0 Å². The zero-order valence-electron chi connectivity index (χ0n) is 24.3. The molecule has 0 spiro atoms. The maximum Gasteiger partial charge on any atom is 0.423 e. The first-order chi connectivity index (χ1) is 21.3. The molecule has 5 rings (SSSR count). The zero-order valence-corrected chi connectivity index (χ0v) is 24.3. The average Bonchev–Trinajstić information content (AvgIpc) is 3.01. The normalized spacial score (nSPS) is 19.2. The summed E-state index contributed by atoms with van der Waals surface area (Å²) in [5, 5.41) is 14.1. The van der Waals surface area contributed by atoms with E-state index >= 15 is 0 Å². The first-order valence-electron chi connectivity index (χ1n) is 14.4. The Bertz CT molecular complexity index is 1520. The number of nitrogens with zero attached hydrogens (tertiary/aromatic N) is 5. The Hall–Kier alpha value is -4.56. The topological polar surface area (TPSA) is 114 Å². The largest absolute Gasteiger partial charge is 0.490 e. The second kappa shape index (κ2) is 12.8. The smallest absolute Gasteiger partial charge is 0.423 e. The SMILES string of the molecule is CC(F)(F)c1ccc(C(=O)N2CCN(c3cc(O[C@H]4CC[C@H](Nc5ccc([N+](=O)[O-])c(C(F)(F)F)c5)CC4)ccn3)CC2)nc1. The molecule has 0 atom stereocenters. The number of alkyl halides is 5. The predicted octanol–water partition coefficient (Wildman–Crippen LogP) is 6.28. The Balaban J connectivity index is 1.11. The summed E-state index contributed by atoms with van der Waals surface area (Å²) in [6, 6.07) is 8.91. The van der Waals surface area contributed by atoms with Crippen molar-refractivity contribution in [2.45, 2.75) is 56.9 Å². The van der Waals surface area contributed by atoms with Crippen molar-refractivity contribution in [1.29, 1.82) is 0 Å². The van der Waals surface area contributed by atoms with Gasteiger partial charge in [-0.05, 0) is 56.0 Å². The molecule has 1 N–H and O–H groups in total. The fraction of sp³-hybridized carbons (Fsp3) is 0.433. The van der Waals surface area contributed by atoms with Crippen LogP contribution >= 0.6 is 0 Å². The molecule has 1 saturated heterocycles. The van der Waals surface area contributed by atoms with Crippen molar-refractivity contribution < 1.29 is 36.4 Å². The summed E-state index contributed by atoms with van der Waals surface area (Å²) < 4.78 is 73.1. The number of rotatable bonds is 8. The van der Waals surface area contributed by atoms with Crippen molar-refractivity contribution in [3.05, 3.63) is 81.8 Å². The molecule has 3 aromatic rings. The Morgan fingerprint density at radius 2 is 1.69 bits per heavy atom. The van der Waals surface area contributed by atoms with Gasteiger partial charge in [0, 0.05) is 74.9 Å². The first kappa shape index (κ1) is 31.9. The molecule has 15 heteroatoms. The number of ether oxygens (including phenoxy) is 1. The van der Waals surface area contributed by atoms with E-state index in [4.69, 9.17) is 4.74 Å². The second-order valence-corrected chi connectivity index (χ2v) is 11.2. The molecule has 3 heterocycles. The predicted molar refractivity (Wildman–Crippen MR) is 155 cm³/mol. The highest BCUT2D eigenvalue weighted by Crippen LogP contribution is 2.38. The van der Waals surface area contributed by atoms with Crippen LogP contribution in [0, 0.1) is 10.1 Å². The first-order valence-corrected chi connectivity index (χ1v) is 14.4. The highest BCUT2D eigenvalue weighted by molar-refractivity contribution is 5.92. The number of hydrogen-bond donors (Lipinski definition) is 1. The highest BCUT2D eigenvalue weighted by Gasteiger charge is 2.38. The number of pyridine rings is 2. The minimum atomic E-state index is -4.84. The van der Waals surface area contributed by atoms with Crippen molar-refractivity contribution in [1.82, 2.24) is 14.9 Å². The number of nitro groups is 1. The van der Waals surface area contributed by atoms with Gasteiger partial charge in [0.15, 0.2) is 0 Å². The van der Waals surface area contributed by atoms with Crippen molar-refractivity contribution in [3.63, 3.8) is 0 Å². The van der Waals surface area contributed by atoms with Crippen LogP contribution < -0.4 is 15.0 Å². The van der Waals surface area contributed by atoms with Gasteiger partial charge in [-0.2, -0.15) is 13.2 Å². The van der Waals surface area contributed by atoms with E-state index in [1.807, 2.05) is 11.0 Å². The fourth-order valence-electron chi connectivity index (χ4n) is 5.49. The quantitative estimate of drug-likeness (QED) is 0.175. The number of aromatic nitrogens is 2. The summed E-state index contributed by atoms with van der Waals surface area (Å²) in [4.78, 5) is 34.8. The van der Waals surface area contributed by atoms with Gasteiger partial charge in [0.1, 0.15) is 22.8 Å². The summed E-state index contributed by atoms with van der Waals surface area (Å²) in [5.41, 5.74) is -2.25. The maximum atomic E-state index is 13.5. The van der Waals surface area contributed by atoms with Gasteiger partial charge in [0.2, 0.25) is 0 Å². The lowest BCUT2D eigenvalue weighted by Crippen LogP contribution is -2.49. The van der Waals surface area contributed by atoms with Crippen LogP contribution in [0.25, 0.3) is 0 Å². The van der Waals surface area contributed by atoms with Crippen LogP contribution in [0.3, 0.4) is 0 Å². The van der Waals surface area contributed by atoms with Gasteiger partial charge in [-0.3, -0.25) is 19.9 Å². The van der Waals surface area contributed by atoms with Crippen molar-refractivity contribution in [2.24, 2.45) is 0 Å². The lowest BCUT2D eigenvalue weighted by Gasteiger charge is -2.35. The molecule has 2 aromatic heterocycles. The molecule has 0 unspecified atom stereocenters. The lowest BCUT2D eigenvalue weighted by atomic mass is 9.92. The van der Waals surface area contributed by atoms with Gasteiger partial charge in [-0.25, -0.2) is 13.8 Å². The Morgan fingerprint density at radius 1 is 0.978 bits per heavy atom. The Labute approximate surface area is 255 Å². The number of anilines is 2. The van der Waals surface area contributed by atoms with E-state index in [-0.39, 0.29) is 35.0 Å². The zero-order chi connectivity index (χ0) is 32.4. The number of piperazine rings is 1. The molecule has 1 aliphatic heterocycles. The second-order valence-electron chi connectivity index (χ2n) is 11.2. The van der Waals surface area contributed by atoms with Gasteiger partial charge in [0.05, 0.1) is 11.0 Å². The molecule has 45 heavy (non-hydrogen) atoms. The number of benzene rings is 1. The van der Waals surface area contributed by atoms with Crippen LogP contribution in [0.15, 0.2) is 54.9 Å². The minimum absolute atomic E-state index is 0.105. The third kappa shape index (κ3) is 7.75. The fourth-order valence-corrected chi connectivity index (χ4v) is 5.49. The molecule has 1 saturated carbocycles. The molecule has 10 nitrogen and oxygen atoms in total. The number of amides is 1. The van der Waals surface area contributed by atoms with Crippen LogP contribution in [-0.2, 0) is 12.1 Å². The van der Waals surface area contributed by atoms with Crippen molar-refractivity contribution >= 4 is 23.1 Å². The van der Waals surface area contributed by atoms with Gasteiger partial charge >= 0.3 is 6.18 Å². The van der Waals surface area contributed by atoms with Crippen LogP contribution in [0.1, 0.15) is 54.2 Å². The van der Waals surface area contributed by atoms with Gasteiger partial charge in [0.25, 0.3) is 17.5 Å². The molecule has 0 bridgehead atoms. The van der Waals surface area contributed by atoms with E-state index in [9.17, 15) is 36.9 Å². The van der Waals surface area contributed by atoms with Gasteiger partial charge in [-0.1, -0.05) is 0 Å². The highest BCUT2D eigenvalue weighted by atomic mass is 19.4. The summed E-state index contributed by atoms with van der Waals surface area (Å²) in [6.45, 7) is 2.57. The molecule has 240 valence electrons. The molecule has 1 aromatic carbocycles. The molecule has 2 aliphatic rings. The molecular formula is C30H31F5N6O4. The van der Waals surface area contributed by atoms with Crippen LogP contribution in [0.4, 0.5) is 39.1 Å². The van der Waals surface area contributed by atoms with Gasteiger partial charge in [-0.15, -0.1) is 0 Å². The Kier molecular flexibility index (Phi) is 9.07. The van der Waals surface area contributed by atoms with E-state index in [0.717, 1.165) is 25.3 Å². The molecular weight excluding hydrogens is 603 g/mol.